The van der Waals surface area contributed by atoms with Crippen LogP contribution in [0.25, 0.3) is 0 Å². The van der Waals surface area contributed by atoms with Crippen LogP contribution in [0.5, 0.6) is 0 Å². The van der Waals surface area contributed by atoms with E-state index in [9.17, 15) is 9.59 Å². The number of carbonyl (C=O) groups excluding carboxylic acids is 2. The van der Waals surface area contributed by atoms with Crippen molar-refractivity contribution in [1.82, 2.24) is 15.1 Å². The van der Waals surface area contributed by atoms with Gasteiger partial charge in [0, 0.05) is 6.04 Å². The Labute approximate surface area is 133 Å². The maximum atomic E-state index is 12.8. The number of rotatable bonds is 4. The predicted molar refractivity (Wildman–Crippen MR) is 85.3 cm³/mol. The van der Waals surface area contributed by atoms with Crippen molar-refractivity contribution in [1.29, 1.82) is 0 Å². The summed E-state index contributed by atoms with van der Waals surface area (Å²) in [5, 5.41) is 3.01. The lowest BCUT2D eigenvalue weighted by molar-refractivity contribution is -0.134. The minimum Gasteiger partial charge on any atom is -0.323 e. The average molecular weight is 307 g/mol. The number of carbonyl (C=O) groups is 2. The Balaban J connectivity index is 1.68. The maximum absolute atomic E-state index is 12.8. The van der Waals surface area contributed by atoms with Gasteiger partial charge in [0.05, 0.1) is 6.67 Å². The van der Waals surface area contributed by atoms with Gasteiger partial charge in [0.2, 0.25) is 0 Å². The summed E-state index contributed by atoms with van der Waals surface area (Å²) >= 11 is 0. The van der Waals surface area contributed by atoms with Gasteiger partial charge in [-0.15, -0.1) is 0 Å². The molecule has 0 atom stereocenters. The quantitative estimate of drug-likeness (QED) is 0.813. The average Bonchev–Trinajstić information content (AvgIpc) is 2.77. The molecule has 0 unspecified atom stereocenters. The van der Waals surface area contributed by atoms with Crippen LogP contribution >= 0.6 is 0 Å². The molecule has 3 amide bonds. The number of hydrogen-bond donors (Lipinski definition) is 1. The van der Waals surface area contributed by atoms with Crippen LogP contribution in [0.4, 0.5) is 4.79 Å². The standard InChI is InChI=1S/C17H29N3O2/c1-2-19(14-9-5-3-6-10-14)13-20-15(21)17(18-16(20)22)11-7-4-8-12-17/h14H,2-13H2,1H3,(H,18,22). The second kappa shape index (κ2) is 6.57. The van der Waals surface area contributed by atoms with Crippen molar-refractivity contribution in [2.75, 3.05) is 13.2 Å². The van der Waals surface area contributed by atoms with Crippen LogP contribution < -0.4 is 5.32 Å². The summed E-state index contributed by atoms with van der Waals surface area (Å²) in [7, 11) is 0. The smallest absolute Gasteiger partial charge is 0.323 e. The summed E-state index contributed by atoms with van der Waals surface area (Å²) in [5.41, 5.74) is -0.582. The summed E-state index contributed by atoms with van der Waals surface area (Å²) in [6.07, 6.45) is 11.1. The zero-order valence-electron chi connectivity index (χ0n) is 13.8. The van der Waals surface area contributed by atoms with E-state index in [2.05, 4.69) is 17.1 Å². The van der Waals surface area contributed by atoms with Crippen molar-refractivity contribution >= 4 is 11.9 Å². The van der Waals surface area contributed by atoms with E-state index in [1.807, 2.05) is 0 Å². The molecule has 0 bridgehead atoms. The summed E-state index contributed by atoms with van der Waals surface area (Å²) in [4.78, 5) is 29.0. The second-order valence-electron chi connectivity index (χ2n) is 7.14. The normalized spacial score (nSPS) is 26.0. The fourth-order valence-electron chi connectivity index (χ4n) is 4.40. The first-order valence-corrected chi connectivity index (χ1v) is 9.04. The van der Waals surface area contributed by atoms with E-state index in [0.717, 1.165) is 32.2 Å². The topological polar surface area (TPSA) is 52.6 Å². The van der Waals surface area contributed by atoms with Gasteiger partial charge in [-0.2, -0.15) is 0 Å². The minimum atomic E-state index is -0.582. The summed E-state index contributed by atoms with van der Waals surface area (Å²) in [6, 6.07) is 0.350. The molecule has 1 spiro atoms. The molecule has 3 fully saturated rings. The molecule has 0 radical (unpaired) electrons. The lowest BCUT2D eigenvalue weighted by atomic mass is 9.82. The third-order valence-electron chi connectivity index (χ3n) is 5.77. The minimum absolute atomic E-state index is 0.0199. The first kappa shape index (κ1) is 15.8. The van der Waals surface area contributed by atoms with Crippen LogP contribution in [-0.2, 0) is 4.79 Å². The molecule has 2 aliphatic carbocycles. The van der Waals surface area contributed by atoms with E-state index in [4.69, 9.17) is 0 Å². The maximum Gasteiger partial charge on any atom is 0.326 e. The molecule has 5 nitrogen and oxygen atoms in total. The number of nitrogens with one attached hydrogen (secondary N) is 1. The highest BCUT2D eigenvalue weighted by molar-refractivity contribution is 6.07. The molecule has 2 saturated carbocycles. The second-order valence-corrected chi connectivity index (χ2v) is 7.14. The molecule has 1 saturated heterocycles. The SMILES string of the molecule is CCN(CN1C(=O)NC2(CCCCC2)C1=O)C1CCCCC1. The number of imide groups is 1. The van der Waals surface area contributed by atoms with Gasteiger partial charge in [0.25, 0.3) is 5.91 Å². The van der Waals surface area contributed by atoms with Crippen LogP contribution in [0.3, 0.4) is 0 Å². The van der Waals surface area contributed by atoms with E-state index in [-0.39, 0.29) is 11.9 Å². The van der Waals surface area contributed by atoms with Gasteiger partial charge >= 0.3 is 6.03 Å². The third-order valence-corrected chi connectivity index (χ3v) is 5.77. The van der Waals surface area contributed by atoms with E-state index in [0.29, 0.717) is 12.7 Å². The summed E-state index contributed by atoms with van der Waals surface area (Å²) in [5.74, 6) is 0.0199. The Morgan fingerprint density at radius 3 is 2.36 bits per heavy atom. The first-order valence-electron chi connectivity index (χ1n) is 9.04. The van der Waals surface area contributed by atoms with Crippen molar-refractivity contribution in [3.05, 3.63) is 0 Å². The van der Waals surface area contributed by atoms with Gasteiger partial charge in [-0.1, -0.05) is 45.4 Å². The summed E-state index contributed by atoms with van der Waals surface area (Å²) < 4.78 is 0. The van der Waals surface area contributed by atoms with Crippen LogP contribution in [-0.4, -0.2) is 46.5 Å². The van der Waals surface area contributed by atoms with Gasteiger partial charge < -0.3 is 5.32 Å². The van der Waals surface area contributed by atoms with Crippen molar-refractivity contribution in [2.24, 2.45) is 0 Å². The highest BCUT2D eigenvalue weighted by Crippen LogP contribution is 2.34. The van der Waals surface area contributed by atoms with Gasteiger partial charge in [-0.25, -0.2) is 9.69 Å². The Hall–Kier alpha value is -1.10. The molecule has 1 aliphatic heterocycles. The van der Waals surface area contributed by atoms with Crippen LogP contribution in [0.1, 0.15) is 71.1 Å². The largest absolute Gasteiger partial charge is 0.326 e. The van der Waals surface area contributed by atoms with E-state index < -0.39 is 5.54 Å². The van der Waals surface area contributed by atoms with Gasteiger partial charge in [-0.3, -0.25) is 9.69 Å². The Kier molecular flexibility index (Phi) is 4.71. The molecule has 124 valence electrons. The molecule has 0 aromatic rings. The highest BCUT2D eigenvalue weighted by Gasteiger charge is 2.51. The van der Waals surface area contributed by atoms with Crippen molar-refractivity contribution in [2.45, 2.75) is 82.7 Å². The monoisotopic (exact) mass is 307 g/mol. The van der Waals surface area contributed by atoms with Crippen molar-refractivity contribution in [3.8, 4) is 0 Å². The lowest BCUT2D eigenvalue weighted by Crippen LogP contribution is -2.50. The van der Waals surface area contributed by atoms with E-state index in [1.165, 1.54) is 43.4 Å². The van der Waals surface area contributed by atoms with Gasteiger partial charge in [0.1, 0.15) is 5.54 Å². The number of hydrogen-bond acceptors (Lipinski definition) is 3. The predicted octanol–water partition coefficient (Wildman–Crippen LogP) is 2.85. The summed E-state index contributed by atoms with van der Waals surface area (Å²) in [6.45, 7) is 3.49. The third kappa shape index (κ3) is 2.87. The molecule has 3 rings (SSSR count). The Morgan fingerprint density at radius 1 is 1.09 bits per heavy atom. The van der Waals surface area contributed by atoms with Gasteiger partial charge in [0.15, 0.2) is 0 Å². The molecule has 5 heteroatoms. The molecule has 3 aliphatic rings. The molecule has 0 aromatic heterocycles. The highest BCUT2D eigenvalue weighted by atomic mass is 16.2. The van der Waals surface area contributed by atoms with Crippen LogP contribution in [0.2, 0.25) is 0 Å². The molecule has 1 N–H and O–H groups in total. The fraction of sp³-hybridized carbons (Fsp3) is 0.882. The molecular formula is C17H29N3O2. The first-order chi connectivity index (χ1) is 10.7. The molecule has 0 aromatic carbocycles. The number of urea groups is 1. The number of nitrogens with zero attached hydrogens (tertiary/aromatic N) is 2. The van der Waals surface area contributed by atoms with E-state index in [1.54, 1.807) is 0 Å². The zero-order chi connectivity index (χ0) is 15.6. The molecule has 1 heterocycles. The Bertz CT molecular complexity index is 426. The molecule has 22 heavy (non-hydrogen) atoms. The van der Waals surface area contributed by atoms with Gasteiger partial charge in [-0.05, 0) is 32.2 Å². The van der Waals surface area contributed by atoms with E-state index >= 15 is 0 Å². The lowest BCUT2D eigenvalue weighted by Gasteiger charge is -2.36. The molecular weight excluding hydrogens is 278 g/mol. The van der Waals surface area contributed by atoms with Crippen molar-refractivity contribution in [3.63, 3.8) is 0 Å². The number of amides is 3. The zero-order valence-corrected chi connectivity index (χ0v) is 13.8. The van der Waals surface area contributed by atoms with Crippen LogP contribution in [0.15, 0.2) is 0 Å². The van der Waals surface area contributed by atoms with Crippen molar-refractivity contribution < 1.29 is 9.59 Å². The fourth-order valence-corrected chi connectivity index (χ4v) is 4.40. The Morgan fingerprint density at radius 2 is 1.73 bits per heavy atom. The van der Waals surface area contributed by atoms with Crippen LogP contribution in [0, 0.1) is 0 Å².